The Hall–Kier alpha value is -0.820. The van der Waals surface area contributed by atoms with Gasteiger partial charge in [0.15, 0.2) is 9.84 Å². The van der Waals surface area contributed by atoms with Gasteiger partial charge in [-0.05, 0) is 0 Å². The average Bonchev–Trinajstić information content (AvgIpc) is 2.33. The molecule has 12 heavy (non-hydrogen) atoms. The lowest BCUT2D eigenvalue weighted by Gasteiger charge is -2.13. The molecule has 0 bridgehead atoms. The van der Waals surface area contributed by atoms with Crippen LogP contribution < -0.4 is 11.2 Å². The van der Waals surface area contributed by atoms with Crippen LogP contribution in [-0.4, -0.2) is 43.0 Å². The van der Waals surface area contributed by atoms with Crippen molar-refractivity contribution in [2.45, 2.75) is 12.1 Å². The van der Waals surface area contributed by atoms with Gasteiger partial charge in [-0.15, -0.1) is 0 Å². The van der Waals surface area contributed by atoms with Crippen molar-refractivity contribution in [3.63, 3.8) is 0 Å². The van der Waals surface area contributed by atoms with E-state index in [9.17, 15) is 13.2 Å². The zero-order valence-electron chi connectivity index (χ0n) is 6.23. The first-order chi connectivity index (χ1) is 5.49. The van der Waals surface area contributed by atoms with Crippen molar-refractivity contribution in [1.29, 1.82) is 0 Å². The molecule has 0 radical (unpaired) electrons. The Morgan fingerprint density at radius 2 is 2.17 bits per heavy atom. The summed E-state index contributed by atoms with van der Waals surface area (Å²) in [5, 5.41) is 3.47. The van der Waals surface area contributed by atoms with E-state index < -0.39 is 9.84 Å². The van der Waals surface area contributed by atoms with Crippen molar-refractivity contribution in [3.05, 3.63) is 0 Å². The highest BCUT2D eigenvalue weighted by molar-refractivity contribution is 7.91. The monoisotopic (exact) mass is 191 g/mol. The van der Waals surface area contributed by atoms with Crippen LogP contribution in [0.25, 0.3) is 0 Å². The van der Waals surface area contributed by atoms with E-state index in [-0.39, 0.29) is 29.6 Å². The molecule has 2 heterocycles. The molecule has 3 N–H and O–H groups in total. The van der Waals surface area contributed by atoms with E-state index in [0.717, 1.165) is 5.01 Å². The Labute approximate surface area is 69.6 Å². The standard InChI is InChI=1S/C5H9N3O3S/c6-8-4-2-12(10,11)1-3(4)7-5(8)9/h3-4H,1-2,6H2,(H,7,9)/t3-,4+/m0/s1. The molecular formula is C5H9N3O3S. The number of hydrogen-bond donors (Lipinski definition) is 2. The third-order valence-electron chi connectivity index (χ3n) is 2.22. The predicted molar refractivity (Wildman–Crippen MR) is 40.8 cm³/mol. The molecule has 2 fully saturated rings. The van der Waals surface area contributed by atoms with E-state index in [4.69, 9.17) is 5.84 Å². The van der Waals surface area contributed by atoms with E-state index in [2.05, 4.69) is 5.32 Å². The van der Waals surface area contributed by atoms with E-state index in [1.54, 1.807) is 0 Å². The van der Waals surface area contributed by atoms with Crippen molar-refractivity contribution >= 4 is 15.9 Å². The van der Waals surface area contributed by atoms with Crippen LogP contribution in [0.1, 0.15) is 0 Å². The van der Waals surface area contributed by atoms with E-state index in [0.29, 0.717) is 0 Å². The molecule has 6 nitrogen and oxygen atoms in total. The van der Waals surface area contributed by atoms with Gasteiger partial charge >= 0.3 is 6.03 Å². The van der Waals surface area contributed by atoms with Gasteiger partial charge in [0, 0.05) is 0 Å². The van der Waals surface area contributed by atoms with Gasteiger partial charge < -0.3 is 5.32 Å². The van der Waals surface area contributed by atoms with Gasteiger partial charge in [0.25, 0.3) is 0 Å². The van der Waals surface area contributed by atoms with Gasteiger partial charge in [-0.1, -0.05) is 0 Å². The summed E-state index contributed by atoms with van der Waals surface area (Å²) >= 11 is 0. The number of amides is 2. The second kappa shape index (κ2) is 2.11. The summed E-state index contributed by atoms with van der Waals surface area (Å²) in [5.41, 5.74) is 0. The molecule has 7 heteroatoms. The van der Waals surface area contributed by atoms with Crippen LogP contribution in [0, 0.1) is 0 Å². The summed E-state index contributed by atoms with van der Waals surface area (Å²) in [4.78, 5) is 10.9. The van der Waals surface area contributed by atoms with Crippen LogP contribution in [0.4, 0.5) is 4.79 Å². The highest BCUT2D eigenvalue weighted by atomic mass is 32.2. The lowest BCUT2D eigenvalue weighted by molar-refractivity contribution is 0.208. The minimum absolute atomic E-state index is 0.0110. The molecule has 2 aliphatic heterocycles. The number of nitrogens with two attached hydrogens (primary N) is 1. The predicted octanol–water partition coefficient (Wildman–Crippen LogP) is -1.95. The Morgan fingerprint density at radius 1 is 1.50 bits per heavy atom. The normalized spacial score (nSPS) is 38.1. The molecule has 2 amide bonds. The fourth-order valence-corrected chi connectivity index (χ4v) is 3.53. The van der Waals surface area contributed by atoms with Crippen molar-refractivity contribution in [2.24, 2.45) is 5.84 Å². The SMILES string of the molecule is NN1C(=O)N[C@H]2CS(=O)(=O)C[C@H]21. The third kappa shape index (κ3) is 0.969. The highest BCUT2D eigenvalue weighted by Crippen LogP contribution is 2.20. The maximum atomic E-state index is 11.1. The number of carbonyl (C=O) groups is 1. The smallest absolute Gasteiger partial charge is 0.331 e. The molecule has 68 valence electrons. The maximum absolute atomic E-state index is 11.1. The van der Waals surface area contributed by atoms with Crippen LogP contribution >= 0.6 is 0 Å². The summed E-state index contributed by atoms with van der Waals surface area (Å²) in [7, 11) is -3.00. The number of hydrogen-bond acceptors (Lipinski definition) is 4. The maximum Gasteiger partial charge on any atom is 0.332 e. The zero-order valence-corrected chi connectivity index (χ0v) is 7.04. The van der Waals surface area contributed by atoms with Gasteiger partial charge in [-0.2, -0.15) is 0 Å². The Bertz CT molecular complexity index is 325. The van der Waals surface area contributed by atoms with Gasteiger partial charge in [0.1, 0.15) is 0 Å². The molecule has 0 unspecified atom stereocenters. The first-order valence-electron chi connectivity index (χ1n) is 3.54. The summed E-state index contributed by atoms with van der Waals surface area (Å²) in [5.74, 6) is 5.33. The number of fused-ring (bicyclic) bond motifs is 1. The van der Waals surface area contributed by atoms with Gasteiger partial charge in [0.05, 0.1) is 23.6 Å². The number of nitrogens with one attached hydrogen (secondary N) is 1. The molecule has 0 saturated carbocycles. The Balaban J connectivity index is 2.27. The largest absolute Gasteiger partial charge is 0.332 e. The van der Waals surface area contributed by atoms with Crippen molar-refractivity contribution in [2.75, 3.05) is 11.5 Å². The summed E-state index contributed by atoms with van der Waals surface area (Å²) in [6.45, 7) is 0. The molecule has 2 saturated heterocycles. The Kier molecular flexibility index (Phi) is 1.37. The first-order valence-corrected chi connectivity index (χ1v) is 5.36. The topological polar surface area (TPSA) is 92.5 Å². The highest BCUT2D eigenvalue weighted by Gasteiger charge is 2.47. The molecule has 0 aromatic carbocycles. The summed E-state index contributed by atoms with van der Waals surface area (Å²) in [6.07, 6.45) is 0. The van der Waals surface area contributed by atoms with Crippen molar-refractivity contribution < 1.29 is 13.2 Å². The number of urea groups is 1. The quantitative estimate of drug-likeness (QED) is 0.264. The van der Waals surface area contributed by atoms with Gasteiger partial charge in [-0.3, -0.25) is 5.01 Å². The Morgan fingerprint density at radius 3 is 2.75 bits per heavy atom. The molecular weight excluding hydrogens is 182 g/mol. The van der Waals surface area contributed by atoms with E-state index in [1.165, 1.54) is 0 Å². The van der Waals surface area contributed by atoms with Crippen LogP contribution in [0.2, 0.25) is 0 Å². The van der Waals surface area contributed by atoms with E-state index >= 15 is 0 Å². The van der Waals surface area contributed by atoms with Gasteiger partial charge in [-0.25, -0.2) is 19.1 Å². The second-order valence-corrected chi connectivity index (χ2v) is 5.26. The summed E-state index contributed by atoms with van der Waals surface area (Å²) < 4.78 is 22.1. The molecule has 2 aliphatic rings. The molecule has 2 rings (SSSR count). The third-order valence-corrected chi connectivity index (χ3v) is 3.94. The minimum atomic E-state index is -3.00. The van der Waals surface area contributed by atoms with Crippen LogP contribution in [0.15, 0.2) is 0 Å². The number of sulfone groups is 1. The zero-order chi connectivity index (χ0) is 8.93. The first kappa shape index (κ1) is 7.81. The van der Waals surface area contributed by atoms with Crippen molar-refractivity contribution in [3.8, 4) is 0 Å². The fraction of sp³-hybridized carbons (Fsp3) is 0.800. The number of carbonyl (C=O) groups excluding carboxylic acids is 1. The van der Waals surface area contributed by atoms with Gasteiger partial charge in [0.2, 0.25) is 0 Å². The molecule has 0 aromatic rings. The van der Waals surface area contributed by atoms with Crippen LogP contribution in [0.3, 0.4) is 0 Å². The average molecular weight is 191 g/mol. The second-order valence-electron chi connectivity index (χ2n) is 3.11. The van der Waals surface area contributed by atoms with E-state index in [1.807, 2.05) is 0 Å². The molecule has 0 spiro atoms. The number of hydrazine groups is 1. The lowest BCUT2D eigenvalue weighted by atomic mass is 10.2. The number of nitrogens with zero attached hydrogens (tertiary/aromatic N) is 1. The molecule has 0 aliphatic carbocycles. The van der Waals surface area contributed by atoms with Crippen molar-refractivity contribution in [1.82, 2.24) is 10.3 Å². The minimum Gasteiger partial charge on any atom is -0.331 e. The number of rotatable bonds is 0. The van der Waals surface area contributed by atoms with Crippen LogP contribution in [-0.2, 0) is 9.84 Å². The summed E-state index contributed by atoms with van der Waals surface area (Å²) in [6, 6.07) is -1.07. The molecule has 2 atom stereocenters. The molecule has 0 aromatic heterocycles. The lowest BCUT2D eigenvalue weighted by Crippen LogP contribution is -2.42. The fourth-order valence-electron chi connectivity index (χ4n) is 1.62. The van der Waals surface area contributed by atoms with Crippen LogP contribution in [0.5, 0.6) is 0 Å².